The summed E-state index contributed by atoms with van der Waals surface area (Å²) in [5.41, 5.74) is 1.47. The van der Waals surface area contributed by atoms with Crippen molar-refractivity contribution in [3.63, 3.8) is 0 Å². The molecule has 0 unspecified atom stereocenters. The average molecular weight is 368 g/mol. The van der Waals surface area contributed by atoms with E-state index >= 15 is 0 Å². The van der Waals surface area contributed by atoms with E-state index in [0.29, 0.717) is 0 Å². The van der Waals surface area contributed by atoms with Crippen molar-refractivity contribution >= 4 is 0 Å². The molecule has 1 nitrogen and oxygen atoms in total. The number of aryl methyl sites for hydroxylation is 1. The van der Waals surface area contributed by atoms with Crippen molar-refractivity contribution in [3.8, 4) is 0 Å². The van der Waals surface area contributed by atoms with E-state index in [1.165, 1.54) is 115 Å². The second kappa shape index (κ2) is 19.8. The molecule has 1 N–H and O–H groups in total. The Morgan fingerprint density at radius 1 is 0.560 bits per heavy atom. The maximum Gasteiger partial charge on any atom is 0.167 e. The maximum absolute atomic E-state index is 3.09. The van der Waals surface area contributed by atoms with Crippen molar-refractivity contribution < 1.29 is 17.4 Å². The number of rotatable bonds is 17. The van der Waals surface area contributed by atoms with Crippen LogP contribution >= 0.6 is 0 Å². The molecule has 0 aromatic carbocycles. The van der Waals surface area contributed by atoms with Crippen LogP contribution in [0.4, 0.5) is 0 Å². The Labute approximate surface area is 163 Å². The normalized spacial score (nSPS) is 10.6. The minimum atomic E-state index is 0. The molecule has 0 radical (unpaired) electrons. The van der Waals surface area contributed by atoms with Crippen LogP contribution in [-0.4, -0.2) is 0 Å². The number of nitrogens with one attached hydrogen (secondary N) is 1. The standard InChI is InChI=1S/C23H41N.ClH/c1-2-3-4-5-6-7-8-9-10-11-12-13-14-15-16-17-18-23-19-21-24-22-20-23;/h19-22H,2-18H2,1H3;1H. The molecule has 0 saturated carbocycles. The predicted octanol–water partition coefficient (Wildman–Crippen LogP) is 4.31. The highest BCUT2D eigenvalue weighted by molar-refractivity contribution is 5.06. The summed E-state index contributed by atoms with van der Waals surface area (Å²) < 4.78 is 0. The molecule has 1 aromatic heterocycles. The van der Waals surface area contributed by atoms with Gasteiger partial charge in [-0.1, -0.05) is 103 Å². The number of aromatic nitrogens is 1. The molecule has 1 heterocycles. The van der Waals surface area contributed by atoms with Crippen molar-refractivity contribution in [3.05, 3.63) is 30.1 Å². The first-order valence-electron chi connectivity index (χ1n) is 10.9. The Morgan fingerprint density at radius 2 is 0.920 bits per heavy atom. The molecule has 0 atom stereocenters. The van der Waals surface area contributed by atoms with Crippen LogP contribution in [0.1, 0.15) is 115 Å². The summed E-state index contributed by atoms with van der Waals surface area (Å²) >= 11 is 0. The summed E-state index contributed by atoms with van der Waals surface area (Å²) in [4.78, 5) is 3.09. The SMILES string of the molecule is CCCCCCCCCCCCCCCCCCc1cc[nH+]cc1.[Cl-]. The van der Waals surface area contributed by atoms with Gasteiger partial charge in [-0.15, -0.1) is 0 Å². The molecule has 0 aliphatic heterocycles. The predicted molar refractivity (Wildman–Crippen MR) is 106 cm³/mol. The third-order valence-electron chi connectivity index (χ3n) is 5.11. The van der Waals surface area contributed by atoms with Crippen LogP contribution in [0.5, 0.6) is 0 Å². The third-order valence-corrected chi connectivity index (χ3v) is 5.11. The fourth-order valence-corrected chi connectivity index (χ4v) is 3.47. The van der Waals surface area contributed by atoms with Crippen LogP contribution in [0.2, 0.25) is 0 Å². The van der Waals surface area contributed by atoms with E-state index in [-0.39, 0.29) is 12.4 Å². The maximum atomic E-state index is 3.09. The van der Waals surface area contributed by atoms with E-state index in [1.54, 1.807) is 0 Å². The zero-order valence-corrected chi connectivity index (χ0v) is 17.5. The molecule has 146 valence electrons. The Kier molecular flexibility index (Phi) is 19.3. The lowest BCUT2D eigenvalue weighted by Gasteiger charge is -2.03. The van der Waals surface area contributed by atoms with Gasteiger partial charge < -0.3 is 12.4 Å². The largest absolute Gasteiger partial charge is 1.00 e. The van der Waals surface area contributed by atoms with Crippen LogP contribution in [0.25, 0.3) is 0 Å². The molecule has 0 aliphatic carbocycles. The highest BCUT2D eigenvalue weighted by Gasteiger charge is 1.96. The smallest absolute Gasteiger partial charge is 0.167 e. The molecule has 1 aromatic rings. The first kappa shape index (κ1) is 24.4. The number of halogens is 1. The van der Waals surface area contributed by atoms with Crippen LogP contribution in [0.15, 0.2) is 24.5 Å². The Bertz CT molecular complexity index is 352. The topological polar surface area (TPSA) is 14.1 Å². The van der Waals surface area contributed by atoms with Crippen molar-refractivity contribution in [1.82, 2.24) is 0 Å². The minimum absolute atomic E-state index is 0. The first-order valence-corrected chi connectivity index (χ1v) is 10.9. The number of aromatic amines is 1. The number of hydrogen-bond acceptors (Lipinski definition) is 0. The molecule has 0 bridgehead atoms. The van der Waals surface area contributed by atoms with Gasteiger partial charge in [0, 0.05) is 12.1 Å². The summed E-state index contributed by atoms with van der Waals surface area (Å²) in [7, 11) is 0. The summed E-state index contributed by atoms with van der Waals surface area (Å²) in [5, 5.41) is 0. The molecule has 0 aliphatic rings. The molecule has 0 spiro atoms. The molecule has 0 fully saturated rings. The molecular weight excluding hydrogens is 326 g/mol. The van der Waals surface area contributed by atoms with E-state index in [4.69, 9.17) is 0 Å². The van der Waals surface area contributed by atoms with E-state index in [9.17, 15) is 0 Å². The van der Waals surface area contributed by atoms with Gasteiger partial charge in [0.2, 0.25) is 0 Å². The molecule has 25 heavy (non-hydrogen) atoms. The van der Waals surface area contributed by atoms with Gasteiger partial charge in [0.05, 0.1) is 0 Å². The Hall–Kier alpha value is -0.560. The van der Waals surface area contributed by atoms with Crippen LogP contribution < -0.4 is 17.4 Å². The molecule has 0 saturated heterocycles. The lowest BCUT2D eigenvalue weighted by Crippen LogP contribution is -3.00. The van der Waals surface area contributed by atoms with Gasteiger partial charge in [-0.3, -0.25) is 0 Å². The second-order valence-corrected chi connectivity index (χ2v) is 7.46. The van der Waals surface area contributed by atoms with Gasteiger partial charge in [0.25, 0.3) is 0 Å². The number of unbranched alkanes of at least 4 members (excludes halogenated alkanes) is 15. The van der Waals surface area contributed by atoms with Gasteiger partial charge in [0.1, 0.15) is 0 Å². The zero-order chi connectivity index (χ0) is 17.1. The van der Waals surface area contributed by atoms with Crippen molar-refractivity contribution in [2.24, 2.45) is 0 Å². The van der Waals surface area contributed by atoms with Crippen molar-refractivity contribution in [2.45, 2.75) is 116 Å². The Balaban J connectivity index is 0.00000576. The minimum Gasteiger partial charge on any atom is -1.00 e. The molecule has 1 rings (SSSR count). The fourth-order valence-electron chi connectivity index (χ4n) is 3.47. The van der Waals surface area contributed by atoms with Crippen LogP contribution in [0, 0.1) is 0 Å². The third kappa shape index (κ3) is 16.6. The quantitative estimate of drug-likeness (QED) is 0.364. The Morgan fingerprint density at radius 3 is 1.32 bits per heavy atom. The van der Waals surface area contributed by atoms with Gasteiger partial charge in [-0.05, 0) is 18.4 Å². The highest BCUT2D eigenvalue weighted by Crippen LogP contribution is 2.14. The van der Waals surface area contributed by atoms with Crippen molar-refractivity contribution in [2.75, 3.05) is 0 Å². The van der Waals surface area contributed by atoms with Crippen molar-refractivity contribution in [1.29, 1.82) is 0 Å². The zero-order valence-electron chi connectivity index (χ0n) is 16.7. The van der Waals surface area contributed by atoms with Gasteiger partial charge in [0.15, 0.2) is 12.4 Å². The molecular formula is C23H42ClN. The van der Waals surface area contributed by atoms with E-state index in [2.05, 4.69) is 24.0 Å². The first-order chi connectivity index (χ1) is 11.9. The van der Waals surface area contributed by atoms with Crippen LogP contribution in [0.3, 0.4) is 0 Å². The number of hydrogen-bond donors (Lipinski definition) is 0. The van der Waals surface area contributed by atoms with Gasteiger partial charge in [-0.2, -0.15) is 0 Å². The summed E-state index contributed by atoms with van der Waals surface area (Å²) in [6.45, 7) is 2.30. The van der Waals surface area contributed by atoms with Gasteiger partial charge in [-0.25, -0.2) is 4.98 Å². The summed E-state index contributed by atoms with van der Waals surface area (Å²) in [6.07, 6.45) is 28.4. The lowest BCUT2D eigenvalue weighted by molar-refractivity contribution is -0.378. The number of H-pyrrole nitrogens is 1. The highest BCUT2D eigenvalue weighted by atomic mass is 35.5. The summed E-state index contributed by atoms with van der Waals surface area (Å²) in [6, 6.07) is 4.40. The lowest BCUT2D eigenvalue weighted by atomic mass is 10.0. The van der Waals surface area contributed by atoms with Crippen LogP contribution in [-0.2, 0) is 6.42 Å². The fraction of sp³-hybridized carbons (Fsp3) is 0.783. The number of pyridine rings is 1. The second-order valence-electron chi connectivity index (χ2n) is 7.46. The monoisotopic (exact) mass is 367 g/mol. The summed E-state index contributed by atoms with van der Waals surface area (Å²) in [5.74, 6) is 0. The molecule has 0 amide bonds. The van der Waals surface area contributed by atoms with E-state index < -0.39 is 0 Å². The average Bonchev–Trinajstić information content (AvgIpc) is 2.62. The van der Waals surface area contributed by atoms with Gasteiger partial charge >= 0.3 is 0 Å². The van der Waals surface area contributed by atoms with E-state index in [0.717, 1.165) is 0 Å². The molecule has 2 heteroatoms. The van der Waals surface area contributed by atoms with E-state index in [1.807, 2.05) is 12.4 Å².